The van der Waals surface area contributed by atoms with Crippen LogP contribution < -0.4 is 14.4 Å². The first-order chi connectivity index (χ1) is 12.3. The van der Waals surface area contributed by atoms with Crippen molar-refractivity contribution < 1.29 is 17.9 Å². The van der Waals surface area contributed by atoms with Gasteiger partial charge in [-0.3, -0.25) is 14.4 Å². The van der Waals surface area contributed by atoms with Gasteiger partial charge in [0.05, 0.1) is 19.1 Å². The minimum Gasteiger partial charge on any atom is -0.497 e. The van der Waals surface area contributed by atoms with Crippen LogP contribution in [-0.4, -0.2) is 50.2 Å². The molecule has 0 aliphatic heterocycles. The fourth-order valence-electron chi connectivity index (χ4n) is 2.34. The largest absolute Gasteiger partial charge is 0.497 e. The lowest BCUT2D eigenvalue weighted by molar-refractivity contribution is -0.117. The van der Waals surface area contributed by atoms with E-state index in [0.717, 1.165) is 10.6 Å². The number of benzene rings is 1. The smallest absolute Gasteiger partial charge is 0.250 e. The van der Waals surface area contributed by atoms with Crippen LogP contribution in [0.5, 0.6) is 5.75 Å². The Morgan fingerprint density at radius 1 is 1.42 bits per heavy atom. The maximum Gasteiger partial charge on any atom is 0.250 e. The Morgan fingerprint density at radius 3 is 2.69 bits per heavy atom. The molecule has 11 heteroatoms. The lowest BCUT2D eigenvalue weighted by atomic mass is 10.2. The van der Waals surface area contributed by atoms with Gasteiger partial charge in [-0.15, -0.1) is 10.2 Å². The number of carbonyl (C=O) groups excluding carboxylic acids is 1. The maximum absolute atomic E-state index is 12.7. The number of hydrogen-bond donors (Lipinski definition) is 1. The van der Waals surface area contributed by atoms with Crippen molar-refractivity contribution in [1.82, 2.24) is 10.2 Å². The summed E-state index contributed by atoms with van der Waals surface area (Å²) in [5.74, 6) is 0.0321. The molecule has 0 spiro atoms. The quantitative estimate of drug-likeness (QED) is 0.521. The predicted molar refractivity (Wildman–Crippen MR) is 105 cm³/mol. The number of amides is 1. The van der Waals surface area contributed by atoms with Crippen LogP contribution in [0, 0.1) is 0 Å². The second kappa shape index (κ2) is 8.69. The van der Waals surface area contributed by atoms with Gasteiger partial charge in [0, 0.05) is 6.07 Å². The molecule has 1 heterocycles. The number of ether oxygens (including phenoxy) is 1. The predicted octanol–water partition coefficient (Wildman–Crippen LogP) is 2.45. The van der Waals surface area contributed by atoms with Gasteiger partial charge in [0.1, 0.15) is 11.8 Å². The second-order valence-electron chi connectivity index (χ2n) is 5.25. The molecule has 1 aromatic carbocycles. The van der Waals surface area contributed by atoms with Crippen molar-refractivity contribution in [3.05, 3.63) is 24.3 Å². The van der Waals surface area contributed by atoms with Gasteiger partial charge in [0.25, 0.3) is 0 Å². The number of methoxy groups -OCH3 is 1. The zero-order chi connectivity index (χ0) is 19.3. The Hall–Kier alpha value is -1.85. The summed E-state index contributed by atoms with van der Waals surface area (Å²) in [6, 6.07) is 5.64. The Morgan fingerprint density at radius 2 is 2.15 bits per heavy atom. The molecule has 2 aromatic rings. The van der Waals surface area contributed by atoms with Crippen molar-refractivity contribution in [3.63, 3.8) is 0 Å². The minimum absolute atomic E-state index is 0.282. The zero-order valence-corrected chi connectivity index (χ0v) is 17.2. The average Bonchev–Trinajstić information content (AvgIpc) is 3.05. The second-order valence-corrected chi connectivity index (χ2v) is 9.14. The highest BCUT2D eigenvalue weighted by Crippen LogP contribution is 2.28. The van der Waals surface area contributed by atoms with E-state index < -0.39 is 22.0 Å². The summed E-state index contributed by atoms with van der Waals surface area (Å²) in [6.07, 6.45) is 3.21. The van der Waals surface area contributed by atoms with Gasteiger partial charge in [-0.2, -0.15) is 0 Å². The molecular formula is C15H20N4O4S3. The molecule has 0 radical (unpaired) electrons. The number of carbonyl (C=O) groups is 1. The van der Waals surface area contributed by atoms with E-state index in [1.165, 1.54) is 30.2 Å². The molecule has 1 N–H and O–H groups in total. The van der Waals surface area contributed by atoms with Crippen LogP contribution in [0.2, 0.25) is 0 Å². The van der Waals surface area contributed by atoms with E-state index in [4.69, 9.17) is 4.74 Å². The highest BCUT2D eigenvalue weighted by Gasteiger charge is 2.32. The first-order valence-corrected chi connectivity index (χ1v) is 11.5. The molecule has 8 nitrogen and oxygen atoms in total. The molecule has 1 aromatic heterocycles. The summed E-state index contributed by atoms with van der Waals surface area (Å²) >= 11 is 2.65. The normalized spacial score (nSPS) is 12.5. The van der Waals surface area contributed by atoms with Gasteiger partial charge >= 0.3 is 0 Å². The van der Waals surface area contributed by atoms with Crippen molar-refractivity contribution >= 4 is 49.8 Å². The number of nitrogens with one attached hydrogen (secondary N) is 1. The lowest BCUT2D eigenvalue weighted by Crippen LogP contribution is -2.47. The van der Waals surface area contributed by atoms with Crippen molar-refractivity contribution in [2.45, 2.75) is 23.7 Å². The van der Waals surface area contributed by atoms with Gasteiger partial charge in [-0.25, -0.2) is 8.42 Å². The minimum atomic E-state index is -3.71. The van der Waals surface area contributed by atoms with E-state index >= 15 is 0 Å². The van der Waals surface area contributed by atoms with E-state index in [2.05, 4.69) is 15.5 Å². The van der Waals surface area contributed by atoms with Crippen LogP contribution in [0.4, 0.5) is 10.8 Å². The average molecular weight is 417 g/mol. The summed E-state index contributed by atoms with van der Waals surface area (Å²) in [5.41, 5.74) is 0.357. The van der Waals surface area contributed by atoms with E-state index in [-0.39, 0.29) is 6.42 Å². The summed E-state index contributed by atoms with van der Waals surface area (Å²) in [7, 11) is -2.22. The van der Waals surface area contributed by atoms with Crippen LogP contribution in [0.1, 0.15) is 13.3 Å². The van der Waals surface area contributed by atoms with Crippen LogP contribution in [0.15, 0.2) is 28.6 Å². The molecule has 142 valence electrons. The van der Waals surface area contributed by atoms with Crippen molar-refractivity contribution in [2.24, 2.45) is 0 Å². The molecule has 0 aliphatic carbocycles. The Balaban J connectivity index is 2.35. The van der Waals surface area contributed by atoms with Crippen molar-refractivity contribution in [2.75, 3.05) is 29.2 Å². The zero-order valence-electron chi connectivity index (χ0n) is 14.8. The lowest BCUT2D eigenvalue weighted by Gasteiger charge is -2.29. The van der Waals surface area contributed by atoms with Gasteiger partial charge in [-0.05, 0) is 24.8 Å². The number of sulfonamides is 1. The third-order valence-electron chi connectivity index (χ3n) is 3.45. The fourth-order valence-corrected chi connectivity index (χ4v) is 4.72. The Bertz CT molecular complexity index is 869. The topological polar surface area (TPSA) is 101 Å². The van der Waals surface area contributed by atoms with Crippen LogP contribution >= 0.6 is 23.1 Å². The number of hydrogen-bond acceptors (Lipinski definition) is 8. The highest BCUT2D eigenvalue weighted by atomic mass is 32.2. The number of nitrogens with zero attached hydrogens (tertiary/aromatic N) is 3. The van der Waals surface area contributed by atoms with E-state index in [1.807, 2.05) is 6.26 Å². The molecule has 0 aliphatic rings. The Kier molecular flexibility index (Phi) is 6.84. The molecule has 0 unspecified atom stereocenters. The van der Waals surface area contributed by atoms with Crippen LogP contribution in [0.25, 0.3) is 0 Å². The maximum atomic E-state index is 12.7. The molecule has 1 atom stereocenters. The molecule has 0 saturated heterocycles. The fraction of sp³-hybridized carbons (Fsp3) is 0.400. The Labute approximate surface area is 161 Å². The monoisotopic (exact) mass is 416 g/mol. The van der Waals surface area contributed by atoms with E-state index in [0.29, 0.717) is 20.9 Å². The standard InChI is InChI=1S/C15H20N4O4S3/c1-5-12(13(20)16-14-17-18-15(24-3)25-14)19(26(4,21)22)10-7-6-8-11(9-10)23-2/h6-9,12H,5H2,1-4H3,(H,16,17,20)/t12-/m1/s1. The van der Waals surface area contributed by atoms with E-state index in [1.54, 1.807) is 31.2 Å². The molecule has 2 rings (SSSR count). The molecule has 1 amide bonds. The number of rotatable bonds is 8. The van der Waals surface area contributed by atoms with E-state index in [9.17, 15) is 13.2 Å². The number of aromatic nitrogens is 2. The SMILES string of the molecule is CC[C@H](C(=O)Nc1nnc(SC)s1)N(c1cccc(OC)c1)S(C)(=O)=O. The summed E-state index contributed by atoms with van der Waals surface area (Å²) < 4.78 is 31.8. The van der Waals surface area contributed by atoms with Crippen LogP contribution in [-0.2, 0) is 14.8 Å². The molecule has 0 fully saturated rings. The third-order valence-corrected chi connectivity index (χ3v) is 6.44. The van der Waals surface area contributed by atoms with Crippen LogP contribution in [0.3, 0.4) is 0 Å². The highest BCUT2D eigenvalue weighted by molar-refractivity contribution is 8.00. The first kappa shape index (κ1) is 20.5. The van der Waals surface area contributed by atoms with Crippen molar-refractivity contribution in [1.29, 1.82) is 0 Å². The van der Waals surface area contributed by atoms with Gasteiger partial charge in [-0.1, -0.05) is 36.1 Å². The van der Waals surface area contributed by atoms with Gasteiger partial charge < -0.3 is 4.74 Å². The molecule has 0 saturated carbocycles. The molecule has 26 heavy (non-hydrogen) atoms. The van der Waals surface area contributed by atoms with Crippen molar-refractivity contribution in [3.8, 4) is 5.75 Å². The summed E-state index contributed by atoms with van der Waals surface area (Å²) in [5, 5.41) is 10.8. The summed E-state index contributed by atoms with van der Waals surface area (Å²) in [6.45, 7) is 1.75. The third kappa shape index (κ3) is 4.86. The number of thioether (sulfide) groups is 1. The van der Waals surface area contributed by atoms with Gasteiger partial charge in [0.15, 0.2) is 4.34 Å². The summed E-state index contributed by atoms with van der Waals surface area (Å²) in [4.78, 5) is 12.7. The molecular weight excluding hydrogens is 396 g/mol. The van der Waals surface area contributed by atoms with Gasteiger partial charge in [0.2, 0.25) is 21.1 Å². The number of anilines is 2. The first-order valence-electron chi connectivity index (χ1n) is 7.62. The molecule has 0 bridgehead atoms.